The van der Waals surface area contributed by atoms with Gasteiger partial charge in [-0.3, -0.25) is 9.59 Å². The monoisotopic (exact) mass is 336 g/mol. The van der Waals surface area contributed by atoms with Crippen molar-refractivity contribution in [2.24, 2.45) is 0 Å². The first kappa shape index (κ1) is 16.7. The Morgan fingerprint density at radius 3 is 2.65 bits per heavy atom. The second kappa shape index (κ2) is 8.13. The van der Waals surface area contributed by atoms with Gasteiger partial charge in [0.1, 0.15) is 5.75 Å². The van der Waals surface area contributed by atoms with E-state index in [1.807, 2.05) is 12.1 Å². The number of thioether (sulfide) groups is 1. The number of rotatable bonds is 7. The lowest BCUT2D eigenvalue weighted by atomic mass is 10.3. The minimum Gasteiger partial charge on any atom is -0.497 e. The number of tetrazole rings is 1. The largest absolute Gasteiger partial charge is 0.497 e. The summed E-state index contributed by atoms with van der Waals surface area (Å²) < 4.78 is 6.62. The molecule has 0 unspecified atom stereocenters. The van der Waals surface area contributed by atoms with Gasteiger partial charge in [0, 0.05) is 7.05 Å². The number of carbonyl (C=O) groups is 2. The van der Waals surface area contributed by atoms with E-state index in [0.29, 0.717) is 5.16 Å². The third-order valence-electron chi connectivity index (χ3n) is 2.82. The lowest BCUT2D eigenvalue weighted by Gasteiger charge is -2.06. The molecule has 1 aromatic carbocycles. The van der Waals surface area contributed by atoms with Crippen LogP contribution in [0.25, 0.3) is 5.69 Å². The molecular weight excluding hydrogens is 320 g/mol. The van der Waals surface area contributed by atoms with Crippen LogP contribution < -0.4 is 15.4 Å². The maximum Gasteiger partial charge on any atom is 0.239 e. The molecule has 2 amide bonds. The van der Waals surface area contributed by atoms with E-state index in [-0.39, 0.29) is 24.1 Å². The van der Waals surface area contributed by atoms with Crippen LogP contribution in [0.2, 0.25) is 0 Å². The van der Waals surface area contributed by atoms with Gasteiger partial charge >= 0.3 is 0 Å². The van der Waals surface area contributed by atoms with E-state index >= 15 is 0 Å². The Hall–Kier alpha value is -2.62. The zero-order valence-corrected chi connectivity index (χ0v) is 13.5. The van der Waals surface area contributed by atoms with Crippen LogP contribution in [0.5, 0.6) is 5.75 Å². The number of carbonyl (C=O) groups excluding carboxylic acids is 2. The van der Waals surface area contributed by atoms with Crippen molar-refractivity contribution in [2.75, 3.05) is 26.5 Å². The molecule has 0 radical (unpaired) electrons. The number of hydrogen-bond donors (Lipinski definition) is 2. The molecule has 1 aromatic heterocycles. The Morgan fingerprint density at radius 2 is 2.00 bits per heavy atom. The lowest BCUT2D eigenvalue weighted by Crippen LogP contribution is -2.36. The molecular formula is C13H16N6O3S. The van der Waals surface area contributed by atoms with Crippen molar-refractivity contribution in [2.45, 2.75) is 5.16 Å². The van der Waals surface area contributed by atoms with Crippen LogP contribution >= 0.6 is 11.8 Å². The lowest BCUT2D eigenvalue weighted by molar-refractivity contribution is -0.124. The van der Waals surface area contributed by atoms with Crippen LogP contribution in [-0.2, 0) is 9.59 Å². The molecule has 10 heteroatoms. The van der Waals surface area contributed by atoms with E-state index in [1.165, 1.54) is 23.5 Å². The molecule has 0 saturated carbocycles. The molecule has 0 bridgehead atoms. The van der Waals surface area contributed by atoms with Gasteiger partial charge in [0.15, 0.2) is 0 Å². The van der Waals surface area contributed by atoms with Crippen molar-refractivity contribution in [1.82, 2.24) is 30.8 Å². The first-order valence-corrected chi connectivity index (χ1v) is 7.65. The Kier molecular flexibility index (Phi) is 5.92. The fourth-order valence-corrected chi connectivity index (χ4v) is 2.32. The maximum absolute atomic E-state index is 11.7. The first-order chi connectivity index (χ1) is 11.1. The van der Waals surface area contributed by atoms with E-state index in [1.54, 1.807) is 19.2 Å². The molecule has 2 aromatic rings. The molecule has 122 valence electrons. The van der Waals surface area contributed by atoms with Gasteiger partial charge in [-0.15, -0.1) is 5.10 Å². The minimum absolute atomic E-state index is 0.0562. The Morgan fingerprint density at radius 1 is 1.26 bits per heavy atom. The molecule has 0 aliphatic heterocycles. The Balaban J connectivity index is 1.95. The van der Waals surface area contributed by atoms with Crippen molar-refractivity contribution in [3.05, 3.63) is 24.3 Å². The average molecular weight is 336 g/mol. The first-order valence-electron chi connectivity index (χ1n) is 6.67. The van der Waals surface area contributed by atoms with Gasteiger partial charge < -0.3 is 15.4 Å². The predicted octanol–water partition coefficient (Wildman–Crippen LogP) is -0.375. The highest BCUT2D eigenvalue weighted by molar-refractivity contribution is 7.99. The summed E-state index contributed by atoms with van der Waals surface area (Å²) in [7, 11) is 3.09. The normalized spacial score (nSPS) is 10.2. The van der Waals surface area contributed by atoms with Crippen LogP contribution in [0.4, 0.5) is 0 Å². The van der Waals surface area contributed by atoms with E-state index in [4.69, 9.17) is 4.74 Å². The maximum atomic E-state index is 11.7. The van der Waals surface area contributed by atoms with Crippen molar-refractivity contribution in [3.8, 4) is 11.4 Å². The number of aromatic nitrogens is 4. The number of ether oxygens (including phenoxy) is 1. The molecule has 23 heavy (non-hydrogen) atoms. The van der Waals surface area contributed by atoms with Gasteiger partial charge in [-0.1, -0.05) is 11.8 Å². The third-order valence-corrected chi connectivity index (χ3v) is 3.73. The molecule has 0 aliphatic carbocycles. The van der Waals surface area contributed by atoms with E-state index in [0.717, 1.165) is 11.4 Å². The molecule has 0 aliphatic rings. The summed E-state index contributed by atoms with van der Waals surface area (Å²) in [6, 6.07) is 7.21. The summed E-state index contributed by atoms with van der Waals surface area (Å²) in [5, 5.41) is 16.8. The molecule has 0 saturated heterocycles. The highest BCUT2D eigenvalue weighted by Gasteiger charge is 2.12. The molecule has 0 spiro atoms. The molecule has 9 nitrogen and oxygen atoms in total. The van der Waals surface area contributed by atoms with Crippen LogP contribution in [0.3, 0.4) is 0 Å². The number of likely N-dealkylation sites (N-methyl/N-ethyl adjacent to an activating group) is 1. The number of methoxy groups -OCH3 is 1. The van der Waals surface area contributed by atoms with Gasteiger partial charge in [-0.25, -0.2) is 0 Å². The van der Waals surface area contributed by atoms with Crippen molar-refractivity contribution in [1.29, 1.82) is 0 Å². The van der Waals surface area contributed by atoms with Crippen molar-refractivity contribution >= 4 is 23.6 Å². The van der Waals surface area contributed by atoms with Gasteiger partial charge in [0.2, 0.25) is 17.0 Å². The number of amides is 2. The third kappa shape index (κ3) is 4.68. The summed E-state index contributed by atoms with van der Waals surface area (Å²) in [6.45, 7) is -0.0562. The second-order valence-electron chi connectivity index (χ2n) is 4.31. The van der Waals surface area contributed by atoms with Gasteiger partial charge in [-0.05, 0) is 34.7 Å². The highest BCUT2D eigenvalue weighted by Crippen LogP contribution is 2.19. The number of benzene rings is 1. The van der Waals surface area contributed by atoms with Gasteiger partial charge in [0.05, 0.1) is 25.1 Å². The Labute approximate surface area is 136 Å². The average Bonchev–Trinajstić information content (AvgIpc) is 3.06. The van der Waals surface area contributed by atoms with Crippen LogP contribution in [0.1, 0.15) is 0 Å². The zero-order valence-electron chi connectivity index (χ0n) is 12.6. The number of nitrogens with one attached hydrogen (secondary N) is 2. The molecule has 0 atom stereocenters. The Bertz CT molecular complexity index is 673. The summed E-state index contributed by atoms with van der Waals surface area (Å²) >= 11 is 1.18. The quantitative estimate of drug-likeness (QED) is 0.663. The van der Waals surface area contributed by atoms with Gasteiger partial charge in [0.25, 0.3) is 0 Å². The zero-order chi connectivity index (χ0) is 16.7. The topological polar surface area (TPSA) is 111 Å². The van der Waals surface area contributed by atoms with Crippen LogP contribution in [0.15, 0.2) is 29.4 Å². The smallest absolute Gasteiger partial charge is 0.239 e. The predicted molar refractivity (Wildman–Crippen MR) is 83.5 cm³/mol. The van der Waals surface area contributed by atoms with Gasteiger partial charge in [-0.2, -0.15) is 4.68 Å². The van der Waals surface area contributed by atoms with Crippen molar-refractivity contribution < 1.29 is 14.3 Å². The SMILES string of the molecule is CNC(=O)CNC(=O)CSc1nnnn1-c1ccc(OC)cc1. The minimum atomic E-state index is -0.275. The summed E-state index contributed by atoms with van der Waals surface area (Å²) in [5.41, 5.74) is 0.754. The molecule has 2 rings (SSSR count). The number of nitrogens with zero attached hydrogens (tertiary/aromatic N) is 4. The summed E-state index contributed by atoms with van der Waals surface area (Å²) in [6.07, 6.45) is 0. The van der Waals surface area contributed by atoms with E-state index < -0.39 is 0 Å². The molecule has 0 fully saturated rings. The standard InChI is InChI=1S/C13H16N6O3S/c1-14-11(20)7-15-12(21)8-23-13-16-17-18-19(13)9-3-5-10(22-2)6-4-9/h3-6H,7-8H2,1-2H3,(H,14,20)(H,15,21). The summed E-state index contributed by atoms with van der Waals surface area (Å²) in [5.74, 6) is 0.298. The molecule has 1 heterocycles. The summed E-state index contributed by atoms with van der Waals surface area (Å²) in [4.78, 5) is 22.7. The highest BCUT2D eigenvalue weighted by atomic mass is 32.2. The fraction of sp³-hybridized carbons (Fsp3) is 0.308. The second-order valence-corrected chi connectivity index (χ2v) is 5.25. The fourth-order valence-electron chi connectivity index (χ4n) is 1.60. The molecule has 2 N–H and O–H groups in total. The van der Waals surface area contributed by atoms with Crippen molar-refractivity contribution in [3.63, 3.8) is 0 Å². The number of hydrogen-bond acceptors (Lipinski definition) is 7. The van der Waals surface area contributed by atoms with Crippen LogP contribution in [-0.4, -0.2) is 58.5 Å². The van der Waals surface area contributed by atoms with E-state index in [2.05, 4.69) is 26.2 Å². The van der Waals surface area contributed by atoms with E-state index in [9.17, 15) is 9.59 Å². The van der Waals surface area contributed by atoms with Crippen LogP contribution in [0, 0.1) is 0 Å².